The van der Waals surface area contributed by atoms with Crippen molar-refractivity contribution < 1.29 is 9.66 Å². The molecule has 1 heterocycles. The molecule has 0 fully saturated rings. The summed E-state index contributed by atoms with van der Waals surface area (Å²) < 4.78 is 5.56. The number of nitrogens with zero attached hydrogens (tertiary/aromatic N) is 3. The van der Waals surface area contributed by atoms with Crippen molar-refractivity contribution in [2.75, 3.05) is 11.9 Å². The van der Waals surface area contributed by atoms with Crippen LogP contribution in [-0.4, -0.2) is 21.4 Å². The average Bonchev–Trinajstić information content (AvgIpc) is 2.41. The minimum Gasteiger partial charge on any atom is -0.431 e. The lowest BCUT2D eigenvalue weighted by atomic mass is 10.2. The molecular weight excluding hydrogens is 260 g/mol. The number of para-hydroxylation sites is 1. The molecule has 0 aliphatic rings. The zero-order valence-electron chi connectivity index (χ0n) is 11.2. The van der Waals surface area contributed by atoms with Gasteiger partial charge in [0.25, 0.3) is 0 Å². The van der Waals surface area contributed by atoms with Crippen LogP contribution in [-0.2, 0) is 0 Å². The number of hydrogen-bond acceptors (Lipinski definition) is 6. The fourth-order valence-corrected chi connectivity index (χ4v) is 1.66. The van der Waals surface area contributed by atoms with Crippen LogP contribution in [0, 0.1) is 17.0 Å². The van der Waals surface area contributed by atoms with E-state index in [0.29, 0.717) is 18.1 Å². The number of aromatic nitrogens is 2. The molecule has 2 rings (SSSR count). The molecule has 0 spiro atoms. The highest BCUT2D eigenvalue weighted by Gasteiger charge is 2.18. The lowest BCUT2D eigenvalue weighted by Gasteiger charge is -2.09. The highest BCUT2D eigenvalue weighted by atomic mass is 16.6. The van der Waals surface area contributed by atoms with Crippen LogP contribution >= 0.6 is 0 Å². The second-order valence-electron chi connectivity index (χ2n) is 4.03. The fourth-order valence-electron chi connectivity index (χ4n) is 1.66. The molecule has 0 saturated heterocycles. The molecule has 0 saturated carbocycles. The summed E-state index contributed by atoms with van der Waals surface area (Å²) >= 11 is 0. The van der Waals surface area contributed by atoms with Crippen molar-refractivity contribution in [1.82, 2.24) is 9.97 Å². The molecule has 0 bridgehead atoms. The molecule has 1 aromatic carbocycles. The van der Waals surface area contributed by atoms with E-state index in [4.69, 9.17) is 4.74 Å². The van der Waals surface area contributed by atoms with E-state index in [9.17, 15) is 10.1 Å². The largest absolute Gasteiger partial charge is 0.431 e. The third-order valence-electron chi connectivity index (χ3n) is 2.56. The first-order chi connectivity index (χ1) is 9.61. The van der Waals surface area contributed by atoms with Crippen molar-refractivity contribution in [3.8, 4) is 11.6 Å². The Morgan fingerprint density at radius 2 is 2.20 bits per heavy atom. The van der Waals surface area contributed by atoms with Gasteiger partial charge in [-0.15, -0.1) is 0 Å². The van der Waals surface area contributed by atoms with Gasteiger partial charge in [-0.1, -0.05) is 12.1 Å². The van der Waals surface area contributed by atoms with E-state index in [1.807, 2.05) is 6.92 Å². The SMILES string of the molecule is CCNc1nccc(Oc2c(C)cccc2[N+](=O)[O-])n1. The first-order valence-electron chi connectivity index (χ1n) is 6.10. The van der Waals surface area contributed by atoms with Gasteiger partial charge in [-0.25, -0.2) is 4.98 Å². The second-order valence-corrected chi connectivity index (χ2v) is 4.03. The van der Waals surface area contributed by atoms with Crippen molar-refractivity contribution in [3.05, 3.63) is 46.1 Å². The van der Waals surface area contributed by atoms with E-state index in [2.05, 4.69) is 15.3 Å². The summed E-state index contributed by atoms with van der Waals surface area (Å²) in [5.74, 6) is 0.869. The Hall–Kier alpha value is -2.70. The Morgan fingerprint density at radius 3 is 2.90 bits per heavy atom. The highest BCUT2D eigenvalue weighted by molar-refractivity contribution is 5.52. The van der Waals surface area contributed by atoms with Gasteiger partial charge in [0.15, 0.2) is 0 Å². The van der Waals surface area contributed by atoms with Gasteiger partial charge in [0.2, 0.25) is 17.6 Å². The van der Waals surface area contributed by atoms with E-state index < -0.39 is 4.92 Å². The minimum atomic E-state index is -0.477. The highest BCUT2D eigenvalue weighted by Crippen LogP contribution is 2.33. The summed E-state index contributed by atoms with van der Waals surface area (Å²) in [5, 5.41) is 14.0. The first kappa shape index (κ1) is 13.7. The van der Waals surface area contributed by atoms with Crippen molar-refractivity contribution >= 4 is 11.6 Å². The summed E-state index contributed by atoms with van der Waals surface area (Å²) in [6.07, 6.45) is 1.53. The molecule has 0 aliphatic carbocycles. The summed E-state index contributed by atoms with van der Waals surface area (Å²) in [7, 11) is 0. The Bertz CT molecular complexity index is 631. The van der Waals surface area contributed by atoms with Gasteiger partial charge in [-0.2, -0.15) is 4.98 Å². The van der Waals surface area contributed by atoms with E-state index in [0.717, 1.165) is 0 Å². The number of rotatable bonds is 5. The molecule has 0 atom stereocenters. The average molecular weight is 274 g/mol. The van der Waals surface area contributed by atoms with Crippen LogP contribution in [0.2, 0.25) is 0 Å². The van der Waals surface area contributed by atoms with Gasteiger partial charge in [0, 0.05) is 24.9 Å². The molecule has 0 aliphatic heterocycles. The monoisotopic (exact) mass is 274 g/mol. The molecule has 0 unspecified atom stereocenters. The zero-order valence-corrected chi connectivity index (χ0v) is 11.2. The Balaban J connectivity index is 2.34. The summed E-state index contributed by atoms with van der Waals surface area (Å²) in [4.78, 5) is 18.7. The number of nitro benzene ring substituents is 1. The second kappa shape index (κ2) is 5.96. The van der Waals surface area contributed by atoms with Gasteiger partial charge in [0.1, 0.15) is 0 Å². The van der Waals surface area contributed by atoms with Crippen molar-refractivity contribution in [2.45, 2.75) is 13.8 Å². The van der Waals surface area contributed by atoms with Crippen molar-refractivity contribution in [3.63, 3.8) is 0 Å². The summed E-state index contributed by atoms with van der Waals surface area (Å²) in [5.41, 5.74) is 0.580. The van der Waals surface area contributed by atoms with Crippen molar-refractivity contribution in [1.29, 1.82) is 0 Å². The molecule has 2 aromatic rings. The summed E-state index contributed by atoms with van der Waals surface area (Å²) in [6.45, 7) is 4.34. The lowest BCUT2D eigenvalue weighted by Crippen LogP contribution is -2.03. The van der Waals surface area contributed by atoms with Crippen LogP contribution < -0.4 is 10.1 Å². The molecular formula is C13H14N4O3. The van der Waals surface area contributed by atoms with E-state index in [-0.39, 0.29) is 17.3 Å². The van der Waals surface area contributed by atoms with Crippen LogP contribution in [0.5, 0.6) is 11.6 Å². The Morgan fingerprint density at radius 1 is 1.40 bits per heavy atom. The molecule has 0 amide bonds. The number of ether oxygens (including phenoxy) is 1. The normalized spacial score (nSPS) is 10.1. The first-order valence-corrected chi connectivity index (χ1v) is 6.10. The number of hydrogen-bond donors (Lipinski definition) is 1. The molecule has 7 nitrogen and oxygen atoms in total. The van der Waals surface area contributed by atoms with E-state index >= 15 is 0 Å². The predicted molar refractivity (Wildman–Crippen MR) is 74.1 cm³/mol. The van der Waals surface area contributed by atoms with Crippen LogP contribution in [0.3, 0.4) is 0 Å². The number of benzene rings is 1. The maximum atomic E-state index is 11.0. The Kier molecular flexibility index (Phi) is 4.09. The van der Waals surface area contributed by atoms with Crippen LogP contribution in [0.1, 0.15) is 12.5 Å². The lowest BCUT2D eigenvalue weighted by molar-refractivity contribution is -0.385. The third kappa shape index (κ3) is 3.00. The zero-order chi connectivity index (χ0) is 14.5. The molecule has 20 heavy (non-hydrogen) atoms. The summed E-state index contributed by atoms with van der Waals surface area (Å²) in [6, 6.07) is 6.31. The van der Waals surface area contributed by atoms with Gasteiger partial charge >= 0.3 is 5.69 Å². The van der Waals surface area contributed by atoms with E-state index in [1.165, 1.54) is 12.3 Å². The standard InChI is InChI=1S/C13H14N4O3/c1-3-14-13-15-8-7-11(16-13)20-12-9(2)5-4-6-10(12)17(18)19/h4-8H,3H2,1-2H3,(H,14,15,16). The number of nitrogens with one attached hydrogen (secondary N) is 1. The van der Waals surface area contributed by atoms with Crippen LogP contribution in [0.4, 0.5) is 11.6 Å². The molecule has 1 aromatic heterocycles. The third-order valence-corrected chi connectivity index (χ3v) is 2.56. The van der Waals surface area contributed by atoms with E-state index in [1.54, 1.807) is 25.1 Å². The van der Waals surface area contributed by atoms with Crippen LogP contribution in [0.15, 0.2) is 30.5 Å². The molecule has 1 N–H and O–H groups in total. The topological polar surface area (TPSA) is 90.2 Å². The van der Waals surface area contributed by atoms with Gasteiger partial charge in [-0.3, -0.25) is 10.1 Å². The number of nitro groups is 1. The van der Waals surface area contributed by atoms with Crippen LogP contribution in [0.25, 0.3) is 0 Å². The molecule has 0 radical (unpaired) electrons. The van der Waals surface area contributed by atoms with Gasteiger partial charge < -0.3 is 10.1 Å². The van der Waals surface area contributed by atoms with Crippen molar-refractivity contribution in [2.24, 2.45) is 0 Å². The number of aryl methyl sites for hydroxylation is 1. The maximum absolute atomic E-state index is 11.0. The smallest absolute Gasteiger partial charge is 0.311 e. The van der Waals surface area contributed by atoms with Gasteiger partial charge in [-0.05, 0) is 19.4 Å². The quantitative estimate of drug-likeness (QED) is 0.666. The minimum absolute atomic E-state index is 0.0892. The number of anilines is 1. The van der Waals surface area contributed by atoms with Gasteiger partial charge in [0.05, 0.1) is 4.92 Å². The predicted octanol–water partition coefficient (Wildman–Crippen LogP) is 2.92. The fraction of sp³-hybridized carbons (Fsp3) is 0.231. The molecule has 7 heteroatoms. The molecule has 104 valence electrons. The maximum Gasteiger partial charge on any atom is 0.311 e. The Labute approximate surface area is 115 Å².